The van der Waals surface area contributed by atoms with Crippen LogP contribution >= 0.6 is 11.6 Å². The summed E-state index contributed by atoms with van der Waals surface area (Å²) in [7, 11) is 1.56. The molecule has 30 heavy (non-hydrogen) atoms. The minimum absolute atomic E-state index is 0.111. The van der Waals surface area contributed by atoms with E-state index in [4.69, 9.17) is 16.3 Å². The molecular weight excluding hydrogens is 406 g/mol. The first-order valence-electron chi connectivity index (χ1n) is 9.75. The molecule has 4 rings (SSSR count). The van der Waals surface area contributed by atoms with E-state index in [1.165, 1.54) is 0 Å². The van der Waals surface area contributed by atoms with Gasteiger partial charge >= 0.3 is 0 Å². The molecule has 9 heteroatoms. The first-order valence-corrected chi connectivity index (χ1v) is 10.1. The topological polar surface area (TPSA) is 101 Å². The molecule has 0 radical (unpaired) electrons. The number of methoxy groups -OCH3 is 1. The maximum Gasteiger partial charge on any atom is 0.251 e. The van der Waals surface area contributed by atoms with Gasteiger partial charge in [-0.05, 0) is 44.9 Å². The largest absolute Gasteiger partial charge is 0.496 e. The number of carbonyl (C=O) groups excluding carboxylic acids is 1. The number of hydrogen-bond donors (Lipinski definition) is 3. The summed E-state index contributed by atoms with van der Waals surface area (Å²) in [4.78, 5) is 16.9. The normalized spacial score (nSPS) is 14.0. The number of aromatic nitrogens is 3. The Balaban J connectivity index is 1.72. The summed E-state index contributed by atoms with van der Waals surface area (Å²) in [5.74, 6) is 0.424. The molecule has 158 valence electrons. The summed E-state index contributed by atoms with van der Waals surface area (Å²) in [6, 6.07) is 7.23. The molecule has 1 aliphatic rings. The van der Waals surface area contributed by atoms with Gasteiger partial charge in [-0.2, -0.15) is 5.10 Å². The minimum Gasteiger partial charge on any atom is -0.496 e. The molecule has 2 heterocycles. The monoisotopic (exact) mass is 429 g/mol. The molecule has 8 nitrogen and oxygen atoms in total. The number of amides is 1. The maximum atomic E-state index is 12.4. The molecule has 0 spiro atoms. The second kappa shape index (κ2) is 7.77. The van der Waals surface area contributed by atoms with E-state index in [1.54, 1.807) is 49.9 Å². The van der Waals surface area contributed by atoms with E-state index in [0.29, 0.717) is 34.9 Å². The van der Waals surface area contributed by atoms with Gasteiger partial charge in [-0.3, -0.25) is 4.79 Å². The third-order valence-electron chi connectivity index (χ3n) is 4.80. The zero-order valence-electron chi connectivity index (χ0n) is 17.1. The van der Waals surface area contributed by atoms with Crippen molar-refractivity contribution in [2.75, 3.05) is 19.0 Å². The van der Waals surface area contributed by atoms with Crippen LogP contribution in [0.25, 0.3) is 16.9 Å². The van der Waals surface area contributed by atoms with Crippen molar-refractivity contribution < 1.29 is 14.6 Å². The van der Waals surface area contributed by atoms with E-state index in [-0.39, 0.29) is 17.1 Å². The van der Waals surface area contributed by atoms with Gasteiger partial charge in [0, 0.05) is 29.8 Å². The molecule has 1 amide bonds. The minimum atomic E-state index is -0.901. The van der Waals surface area contributed by atoms with Crippen molar-refractivity contribution in [3.05, 3.63) is 41.2 Å². The number of rotatable bonds is 7. The zero-order chi connectivity index (χ0) is 21.5. The Bertz CT molecular complexity index is 1100. The number of ether oxygens (including phenoxy) is 1. The van der Waals surface area contributed by atoms with Gasteiger partial charge in [0.2, 0.25) is 0 Å². The molecule has 0 atom stereocenters. The molecule has 0 unspecified atom stereocenters. The first-order chi connectivity index (χ1) is 14.2. The highest BCUT2D eigenvalue weighted by molar-refractivity contribution is 6.29. The van der Waals surface area contributed by atoms with Crippen molar-refractivity contribution in [2.24, 2.45) is 0 Å². The molecule has 3 aromatic rings. The number of nitrogens with zero attached hydrogens (tertiary/aromatic N) is 3. The van der Waals surface area contributed by atoms with Crippen molar-refractivity contribution in [1.82, 2.24) is 19.9 Å². The fourth-order valence-corrected chi connectivity index (χ4v) is 3.29. The second-order valence-corrected chi connectivity index (χ2v) is 8.48. The predicted molar refractivity (Wildman–Crippen MR) is 115 cm³/mol. The summed E-state index contributed by atoms with van der Waals surface area (Å²) < 4.78 is 7.17. The number of carbonyl (C=O) groups is 1. The van der Waals surface area contributed by atoms with Gasteiger partial charge in [0.05, 0.1) is 30.3 Å². The number of imidazole rings is 1. The van der Waals surface area contributed by atoms with Crippen molar-refractivity contribution in [3.8, 4) is 17.0 Å². The van der Waals surface area contributed by atoms with E-state index in [0.717, 1.165) is 18.4 Å². The predicted octanol–water partition coefficient (Wildman–Crippen LogP) is 3.13. The van der Waals surface area contributed by atoms with E-state index in [2.05, 4.69) is 20.7 Å². The summed E-state index contributed by atoms with van der Waals surface area (Å²) in [5.41, 5.74) is 2.26. The van der Waals surface area contributed by atoms with Gasteiger partial charge in [0.15, 0.2) is 10.8 Å². The molecule has 2 aromatic heterocycles. The van der Waals surface area contributed by atoms with Gasteiger partial charge in [-0.15, -0.1) is 0 Å². The van der Waals surface area contributed by atoms with Crippen molar-refractivity contribution in [1.29, 1.82) is 0 Å². The van der Waals surface area contributed by atoms with E-state index in [1.807, 2.05) is 6.07 Å². The number of halogens is 1. The van der Waals surface area contributed by atoms with Crippen molar-refractivity contribution >= 4 is 28.8 Å². The zero-order valence-corrected chi connectivity index (χ0v) is 17.8. The Labute approximate surface area is 179 Å². The Morgan fingerprint density at radius 3 is 2.80 bits per heavy atom. The lowest BCUT2D eigenvalue weighted by atomic mass is 10.1. The van der Waals surface area contributed by atoms with Crippen LogP contribution in [0.2, 0.25) is 5.15 Å². The Morgan fingerprint density at radius 1 is 1.37 bits per heavy atom. The molecule has 3 N–H and O–H groups in total. The van der Waals surface area contributed by atoms with Gasteiger partial charge in [-0.25, -0.2) is 9.50 Å². The number of fused-ring (bicyclic) bond motifs is 1. The van der Waals surface area contributed by atoms with Crippen LogP contribution in [0.15, 0.2) is 30.5 Å². The van der Waals surface area contributed by atoms with Crippen LogP contribution in [0.5, 0.6) is 5.75 Å². The Hall–Kier alpha value is -2.84. The number of anilines is 1. The smallest absolute Gasteiger partial charge is 0.251 e. The SMILES string of the molecule is COc1cc(C(=O)NC2CC2)ccc1-c1cnc2c(NCC(C)(C)O)cc(Cl)nn12. The lowest BCUT2D eigenvalue weighted by Gasteiger charge is -2.19. The van der Waals surface area contributed by atoms with Gasteiger partial charge in [0.25, 0.3) is 5.91 Å². The number of aliphatic hydroxyl groups is 1. The van der Waals surface area contributed by atoms with Gasteiger partial charge in [0.1, 0.15) is 5.75 Å². The van der Waals surface area contributed by atoms with Crippen molar-refractivity contribution in [2.45, 2.75) is 38.3 Å². The highest BCUT2D eigenvalue weighted by Crippen LogP contribution is 2.33. The van der Waals surface area contributed by atoms with Crippen LogP contribution in [0.3, 0.4) is 0 Å². The molecule has 1 aromatic carbocycles. The third-order valence-corrected chi connectivity index (χ3v) is 4.99. The standard InChI is InChI=1S/C21H24ClN5O3/c1-21(2,29)11-24-15-9-18(22)26-27-16(10-23-19(15)27)14-7-4-12(8-17(14)30-3)20(28)25-13-5-6-13/h4,7-10,13,24,29H,5-6,11H2,1-3H3,(H,25,28). The summed E-state index contributed by atoms with van der Waals surface area (Å²) in [5, 5.41) is 20.8. The van der Waals surface area contributed by atoms with Crippen molar-refractivity contribution in [3.63, 3.8) is 0 Å². The summed E-state index contributed by atoms with van der Waals surface area (Å²) in [6.45, 7) is 3.74. The maximum absolute atomic E-state index is 12.4. The van der Waals surface area contributed by atoms with Crippen LogP contribution in [0.4, 0.5) is 5.69 Å². The average molecular weight is 430 g/mol. The number of benzene rings is 1. The number of nitrogens with one attached hydrogen (secondary N) is 2. The lowest BCUT2D eigenvalue weighted by molar-refractivity contribution is 0.0940. The molecule has 0 aliphatic heterocycles. The molecule has 1 saturated carbocycles. The van der Waals surface area contributed by atoms with Crippen LogP contribution < -0.4 is 15.4 Å². The van der Waals surface area contributed by atoms with Gasteiger partial charge < -0.3 is 20.5 Å². The lowest BCUT2D eigenvalue weighted by Crippen LogP contribution is -2.29. The van der Waals surface area contributed by atoms with E-state index < -0.39 is 5.60 Å². The molecular formula is C21H24ClN5O3. The van der Waals surface area contributed by atoms with Crippen LogP contribution in [-0.2, 0) is 0 Å². The first kappa shape index (κ1) is 20.4. The van der Waals surface area contributed by atoms with Gasteiger partial charge in [-0.1, -0.05) is 11.6 Å². The number of hydrogen-bond acceptors (Lipinski definition) is 6. The van der Waals surface area contributed by atoms with Crippen LogP contribution in [0.1, 0.15) is 37.0 Å². The van der Waals surface area contributed by atoms with Crippen LogP contribution in [-0.4, -0.2) is 50.9 Å². The quantitative estimate of drug-likeness (QED) is 0.533. The fraction of sp³-hybridized carbons (Fsp3) is 0.381. The summed E-state index contributed by atoms with van der Waals surface area (Å²) >= 11 is 6.24. The fourth-order valence-electron chi connectivity index (χ4n) is 3.10. The molecule has 0 bridgehead atoms. The van der Waals surface area contributed by atoms with Crippen LogP contribution in [0, 0.1) is 0 Å². The molecule has 1 fully saturated rings. The molecule has 0 saturated heterocycles. The summed E-state index contributed by atoms with van der Waals surface area (Å²) in [6.07, 6.45) is 3.73. The highest BCUT2D eigenvalue weighted by atomic mass is 35.5. The Kier molecular flexibility index (Phi) is 5.29. The highest BCUT2D eigenvalue weighted by Gasteiger charge is 2.24. The average Bonchev–Trinajstić information content (AvgIpc) is 3.41. The van der Waals surface area contributed by atoms with E-state index >= 15 is 0 Å². The van der Waals surface area contributed by atoms with E-state index in [9.17, 15) is 9.90 Å². The Morgan fingerprint density at radius 2 is 2.13 bits per heavy atom. The second-order valence-electron chi connectivity index (χ2n) is 8.09. The molecule has 1 aliphatic carbocycles. The third kappa shape index (κ3) is 4.34.